The van der Waals surface area contributed by atoms with Gasteiger partial charge in [-0.05, 0) is 35.7 Å². The monoisotopic (exact) mass is 254 g/mol. The zero-order chi connectivity index (χ0) is 12.3. The van der Waals surface area contributed by atoms with Gasteiger partial charge in [0, 0.05) is 19.1 Å². The Bertz CT molecular complexity index is 326. The van der Waals surface area contributed by atoms with E-state index < -0.39 is 0 Å². The maximum Gasteiger partial charge on any atom is 0.0700 e. The van der Waals surface area contributed by atoms with E-state index in [0.717, 1.165) is 26.1 Å². The van der Waals surface area contributed by atoms with Crippen molar-refractivity contribution in [1.29, 1.82) is 0 Å². The van der Waals surface area contributed by atoms with Crippen LogP contribution in [0.15, 0.2) is 16.8 Å². The van der Waals surface area contributed by atoms with E-state index in [1.807, 2.05) is 0 Å². The van der Waals surface area contributed by atoms with Crippen LogP contribution in [0.5, 0.6) is 0 Å². The van der Waals surface area contributed by atoms with Crippen LogP contribution in [-0.4, -0.2) is 36.7 Å². The summed E-state index contributed by atoms with van der Waals surface area (Å²) in [6.07, 6.45) is 1.44. The fraction of sp³-hybridized carbons (Fsp3) is 0.692. The van der Waals surface area contributed by atoms with Gasteiger partial charge in [0.1, 0.15) is 0 Å². The molecule has 3 unspecified atom stereocenters. The smallest absolute Gasteiger partial charge is 0.0700 e. The summed E-state index contributed by atoms with van der Waals surface area (Å²) in [5.41, 5.74) is 7.52. The van der Waals surface area contributed by atoms with Crippen LogP contribution in [0.4, 0.5) is 0 Å². The molecule has 3 nitrogen and oxygen atoms in total. The predicted octanol–water partition coefficient (Wildman–Crippen LogP) is 2.25. The summed E-state index contributed by atoms with van der Waals surface area (Å²) in [4.78, 5) is 2.48. The van der Waals surface area contributed by atoms with E-state index in [1.165, 1.54) is 5.56 Å². The number of thiophene rings is 1. The van der Waals surface area contributed by atoms with Gasteiger partial charge in [0.2, 0.25) is 0 Å². The van der Waals surface area contributed by atoms with Gasteiger partial charge in [-0.15, -0.1) is 0 Å². The second-order valence-corrected chi connectivity index (χ2v) is 5.54. The van der Waals surface area contributed by atoms with Crippen molar-refractivity contribution in [1.82, 2.24) is 4.90 Å². The van der Waals surface area contributed by atoms with Crippen molar-refractivity contribution in [3.8, 4) is 0 Å². The van der Waals surface area contributed by atoms with Crippen molar-refractivity contribution in [2.24, 2.45) is 5.73 Å². The third kappa shape index (κ3) is 3.07. The molecule has 0 radical (unpaired) electrons. The van der Waals surface area contributed by atoms with Crippen LogP contribution >= 0.6 is 11.3 Å². The number of hydrogen-bond acceptors (Lipinski definition) is 4. The van der Waals surface area contributed by atoms with E-state index in [0.29, 0.717) is 12.1 Å². The van der Waals surface area contributed by atoms with Crippen molar-refractivity contribution in [2.75, 3.05) is 19.7 Å². The first-order valence-corrected chi connectivity index (χ1v) is 7.30. The fourth-order valence-electron chi connectivity index (χ4n) is 2.53. The molecule has 1 aromatic heterocycles. The van der Waals surface area contributed by atoms with Gasteiger partial charge in [-0.25, -0.2) is 0 Å². The van der Waals surface area contributed by atoms with E-state index in [9.17, 15) is 0 Å². The number of ether oxygens (including phenoxy) is 1. The molecule has 0 bridgehead atoms. The molecule has 0 aromatic carbocycles. The van der Waals surface area contributed by atoms with Crippen molar-refractivity contribution in [3.05, 3.63) is 22.4 Å². The first-order chi connectivity index (χ1) is 8.22. The molecule has 0 spiro atoms. The molecule has 1 aliphatic heterocycles. The molecule has 2 rings (SSSR count). The Morgan fingerprint density at radius 3 is 3.06 bits per heavy atom. The van der Waals surface area contributed by atoms with Crippen molar-refractivity contribution >= 4 is 11.3 Å². The lowest BCUT2D eigenvalue weighted by Crippen LogP contribution is -2.48. The van der Waals surface area contributed by atoms with Crippen LogP contribution in [0.3, 0.4) is 0 Å². The van der Waals surface area contributed by atoms with Gasteiger partial charge in [0.15, 0.2) is 0 Å². The van der Waals surface area contributed by atoms with E-state index in [4.69, 9.17) is 10.5 Å². The van der Waals surface area contributed by atoms with E-state index in [2.05, 4.69) is 35.6 Å². The molecule has 1 fully saturated rings. The molecule has 2 N–H and O–H groups in total. The molecular formula is C13H22N2OS. The second kappa shape index (κ2) is 5.96. The fourth-order valence-corrected chi connectivity index (χ4v) is 3.22. The van der Waals surface area contributed by atoms with Crippen molar-refractivity contribution < 1.29 is 4.74 Å². The van der Waals surface area contributed by atoms with Crippen LogP contribution in [-0.2, 0) is 4.74 Å². The number of morpholine rings is 1. The molecule has 1 aliphatic rings. The van der Waals surface area contributed by atoms with Crippen LogP contribution < -0.4 is 5.73 Å². The molecule has 3 atom stereocenters. The van der Waals surface area contributed by atoms with Gasteiger partial charge in [-0.2, -0.15) is 11.3 Å². The quantitative estimate of drug-likeness (QED) is 0.895. The minimum Gasteiger partial charge on any atom is -0.376 e. The Morgan fingerprint density at radius 2 is 2.47 bits per heavy atom. The van der Waals surface area contributed by atoms with Gasteiger partial charge in [0.05, 0.1) is 18.8 Å². The lowest BCUT2D eigenvalue weighted by Gasteiger charge is -2.39. The lowest BCUT2D eigenvalue weighted by atomic mass is 10.0. The molecular weight excluding hydrogens is 232 g/mol. The highest BCUT2D eigenvalue weighted by Crippen LogP contribution is 2.27. The maximum absolute atomic E-state index is 6.17. The lowest BCUT2D eigenvalue weighted by molar-refractivity contribution is -0.0476. The maximum atomic E-state index is 6.17. The molecule has 0 saturated carbocycles. The summed E-state index contributed by atoms with van der Waals surface area (Å²) in [7, 11) is 0. The van der Waals surface area contributed by atoms with Gasteiger partial charge in [-0.3, -0.25) is 4.90 Å². The average Bonchev–Trinajstić information content (AvgIpc) is 2.83. The summed E-state index contributed by atoms with van der Waals surface area (Å²) >= 11 is 1.74. The van der Waals surface area contributed by atoms with Gasteiger partial charge < -0.3 is 10.5 Å². The number of rotatable bonds is 4. The zero-order valence-electron chi connectivity index (χ0n) is 10.6. The van der Waals surface area contributed by atoms with Gasteiger partial charge >= 0.3 is 0 Å². The van der Waals surface area contributed by atoms with Gasteiger partial charge in [0.25, 0.3) is 0 Å². The molecule has 2 heterocycles. The number of hydrogen-bond donors (Lipinski definition) is 1. The minimum absolute atomic E-state index is 0.153. The molecule has 4 heteroatoms. The number of nitrogens with zero attached hydrogens (tertiary/aromatic N) is 1. The first kappa shape index (κ1) is 13.0. The largest absolute Gasteiger partial charge is 0.376 e. The third-order valence-electron chi connectivity index (χ3n) is 3.40. The topological polar surface area (TPSA) is 38.5 Å². The van der Waals surface area contributed by atoms with E-state index >= 15 is 0 Å². The third-order valence-corrected chi connectivity index (χ3v) is 4.10. The molecule has 1 aromatic rings. The Morgan fingerprint density at radius 1 is 1.65 bits per heavy atom. The Kier molecular flexibility index (Phi) is 4.56. The summed E-state index contributed by atoms with van der Waals surface area (Å²) in [5.74, 6) is 0. The van der Waals surface area contributed by atoms with Crippen LogP contribution in [0.25, 0.3) is 0 Å². The Balaban J connectivity index is 2.11. The Hall–Kier alpha value is -0.420. The van der Waals surface area contributed by atoms with Crippen LogP contribution in [0.1, 0.15) is 31.9 Å². The summed E-state index contributed by atoms with van der Waals surface area (Å²) < 4.78 is 5.72. The van der Waals surface area contributed by atoms with Crippen molar-refractivity contribution in [2.45, 2.75) is 38.5 Å². The molecule has 0 amide bonds. The molecule has 1 saturated heterocycles. The number of nitrogens with two attached hydrogens (primary N) is 1. The van der Waals surface area contributed by atoms with Crippen LogP contribution in [0, 0.1) is 0 Å². The average molecular weight is 254 g/mol. The van der Waals surface area contributed by atoms with E-state index in [-0.39, 0.29) is 6.04 Å². The normalized spacial score (nSPS) is 25.7. The highest BCUT2D eigenvalue weighted by molar-refractivity contribution is 7.07. The second-order valence-electron chi connectivity index (χ2n) is 4.76. The van der Waals surface area contributed by atoms with Crippen LogP contribution in [0.2, 0.25) is 0 Å². The molecule has 96 valence electrons. The van der Waals surface area contributed by atoms with Crippen molar-refractivity contribution in [3.63, 3.8) is 0 Å². The van der Waals surface area contributed by atoms with E-state index in [1.54, 1.807) is 11.3 Å². The summed E-state index contributed by atoms with van der Waals surface area (Å²) in [6, 6.07) is 2.68. The van der Waals surface area contributed by atoms with Gasteiger partial charge in [-0.1, -0.05) is 6.92 Å². The predicted molar refractivity (Wildman–Crippen MR) is 72.3 cm³/mol. The summed E-state index contributed by atoms with van der Waals surface area (Å²) in [6.45, 7) is 7.08. The zero-order valence-corrected chi connectivity index (χ0v) is 11.5. The SMILES string of the molecule is CCC1CN(C(c2ccsc2)C(C)N)CCO1. The highest BCUT2D eigenvalue weighted by Gasteiger charge is 2.29. The Labute approximate surface area is 108 Å². The summed E-state index contributed by atoms with van der Waals surface area (Å²) in [5, 5.41) is 4.34. The molecule has 0 aliphatic carbocycles. The highest BCUT2D eigenvalue weighted by atomic mass is 32.1. The first-order valence-electron chi connectivity index (χ1n) is 6.35. The minimum atomic E-state index is 0.153. The standard InChI is InChI=1S/C13H22N2OS/c1-3-12-8-15(5-6-16-12)13(10(2)14)11-4-7-17-9-11/h4,7,9-10,12-13H,3,5-6,8,14H2,1-2H3. The molecule has 17 heavy (non-hydrogen) atoms.